The summed E-state index contributed by atoms with van der Waals surface area (Å²) in [7, 11) is 1.45. The molecular formula is C13H14ClN5O. The van der Waals surface area contributed by atoms with Gasteiger partial charge in [0.15, 0.2) is 0 Å². The van der Waals surface area contributed by atoms with Crippen molar-refractivity contribution in [2.75, 3.05) is 18.2 Å². The van der Waals surface area contributed by atoms with Crippen LogP contribution in [0.5, 0.6) is 0 Å². The van der Waals surface area contributed by atoms with Gasteiger partial charge < -0.3 is 15.9 Å². The highest BCUT2D eigenvalue weighted by Crippen LogP contribution is 2.25. The molecule has 104 valence electrons. The van der Waals surface area contributed by atoms with Crippen molar-refractivity contribution >= 4 is 35.1 Å². The maximum absolute atomic E-state index is 5.99. The van der Waals surface area contributed by atoms with Crippen molar-refractivity contribution in [3.63, 3.8) is 0 Å². The van der Waals surface area contributed by atoms with E-state index in [9.17, 15) is 0 Å². The number of aryl methyl sites for hydroxylation is 1. The van der Waals surface area contributed by atoms with Gasteiger partial charge in [0.25, 0.3) is 0 Å². The second kappa shape index (κ2) is 6.21. The summed E-state index contributed by atoms with van der Waals surface area (Å²) in [5.74, 6) is 0.839. The third-order valence-electron chi connectivity index (χ3n) is 2.65. The van der Waals surface area contributed by atoms with Crippen LogP contribution in [0, 0.1) is 6.92 Å². The number of halogens is 1. The Morgan fingerprint density at radius 3 is 2.95 bits per heavy atom. The van der Waals surface area contributed by atoms with E-state index in [1.807, 2.05) is 25.1 Å². The van der Waals surface area contributed by atoms with E-state index in [1.54, 1.807) is 0 Å². The fraction of sp³-hybridized carbons (Fsp3) is 0.154. The summed E-state index contributed by atoms with van der Waals surface area (Å²) < 4.78 is 0. The van der Waals surface area contributed by atoms with E-state index in [0.29, 0.717) is 22.2 Å². The minimum atomic E-state index is 0.308. The molecule has 1 aromatic heterocycles. The van der Waals surface area contributed by atoms with Crippen LogP contribution in [0.25, 0.3) is 0 Å². The van der Waals surface area contributed by atoms with Gasteiger partial charge in [-0.05, 0) is 24.6 Å². The van der Waals surface area contributed by atoms with Gasteiger partial charge in [-0.15, -0.1) is 0 Å². The average Bonchev–Trinajstić information content (AvgIpc) is 2.42. The van der Waals surface area contributed by atoms with Crippen LogP contribution in [-0.4, -0.2) is 23.3 Å². The van der Waals surface area contributed by atoms with Crippen molar-refractivity contribution in [2.24, 2.45) is 5.16 Å². The monoisotopic (exact) mass is 291 g/mol. The minimum Gasteiger partial charge on any atom is -0.399 e. The molecule has 3 N–H and O–H groups in total. The molecule has 1 heterocycles. The molecule has 0 fully saturated rings. The minimum absolute atomic E-state index is 0.308. The normalized spacial score (nSPS) is 10.8. The molecule has 0 bridgehead atoms. The van der Waals surface area contributed by atoms with E-state index < -0.39 is 0 Å². The van der Waals surface area contributed by atoms with Gasteiger partial charge in [-0.1, -0.05) is 22.8 Å². The molecule has 0 spiro atoms. The van der Waals surface area contributed by atoms with Gasteiger partial charge in [0.2, 0.25) is 0 Å². The second-order valence-corrected chi connectivity index (χ2v) is 4.46. The number of anilines is 3. The van der Waals surface area contributed by atoms with Crippen molar-refractivity contribution in [3.8, 4) is 0 Å². The van der Waals surface area contributed by atoms with Crippen molar-refractivity contribution in [1.82, 2.24) is 9.97 Å². The molecule has 1 aromatic carbocycles. The zero-order chi connectivity index (χ0) is 14.5. The predicted molar refractivity (Wildman–Crippen MR) is 80.5 cm³/mol. The van der Waals surface area contributed by atoms with E-state index >= 15 is 0 Å². The van der Waals surface area contributed by atoms with Crippen LogP contribution in [0.4, 0.5) is 17.3 Å². The number of nitrogens with one attached hydrogen (secondary N) is 1. The lowest BCUT2D eigenvalue weighted by molar-refractivity contribution is 0.215. The molecule has 0 amide bonds. The zero-order valence-corrected chi connectivity index (χ0v) is 11.8. The van der Waals surface area contributed by atoms with Crippen LogP contribution in [0.1, 0.15) is 11.1 Å². The first-order chi connectivity index (χ1) is 9.61. The highest BCUT2D eigenvalue weighted by Gasteiger charge is 2.09. The van der Waals surface area contributed by atoms with Gasteiger partial charge in [0.1, 0.15) is 25.1 Å². The molecular weight excluding hydrogens is 278 g/mol. The molecule has 0 saturated carbocycles. The van der Waals surface area contributed by atoms with Gasteiger partial charge in [0.05, 0.1) is 11.8 Å². The number of hydrogen-bond donors (Lipinski definition) is 2. The number of nitrogens with two attached hydrogens (primary N) is 1. The van der Waals surface area contributed by atoms with Gasteiger partial charge in [0, 0.05) is 10.7 Å². The van der Waals surface area contributed by atoms with Crippen molar-refractivity contribution in [2.45, 2.75) is 6.92 Å². The first-order valence-electron chi connectivity index (χ1n) is 5.82. The van der Waals surface area contributed by atoms with E-state index in [0.717, 1.165) is 11.3 Å². The third kappa shape index (κ3) is 3.16. The Labute approximate surface area is 121 Å². The van der Waals surface area contributed by atoms with Crippen LogP contribution in [0.15, 0.2) is 29.7 Å². The molecule has 0 unspecified atom stereocenters. The molecule has 2 rings (SSSR count). The summed E-state index contributed by atoms with van der Waals surface area (Å²) >= 11 is 5.99. The Bertz CT molecular complexity index is 645. The lowest BCUT2D eigenvalue weighted by Crippen LogP contribution is -2.05. The summed E-state index contributed by atoms with van der Waals surface area (Å²) in [6, 6.07) is 5.55. The zero-order valence-electron chi connectivity index (χ0n) is 11.1. The molecule has 0 atom stereocenters. The summed E-state index contributed by atoms with van der Waals surface area (Å²) in [5.41, 5.74) is 8.23. The van der Waals surface area contributed by atoms with Crippen molar-refractivity contribution in [1.29, 1.82) is 0 Å². The average molecular weight is 292 g/mol. The molecule has 0 aliphatic rings. The molecule has 0 aliphatic carbocycles. The summed E-state index contributed by atoms with van der Waals surface area (Å²) in [4.78, 5) is 12.8. The Hall–Kier alpha value is -2.34. The number of rotatable bonds is 4. The Morgan fingerprint density at radius 1 is 1.40 bits per heavy atom. The number of oxime groups is 1. The number of nitrogens with zero attached hydrogens (tertiary/aromatic N) is 3. The Balaban J connectivity index is 2.40. The van der Waals surface area contributed by atoms with Gasteiger partial charge in [-0.2, -0.15) is 0 Å². The van der Waals surface area contributed by atoms with E-state index in [2.05, 4.69) is 25.3 Å². The lowest BCUT2D eigenvalue weighted by Gasteiger charge is -2.11. The highest BCUT2D eigenvalue weighted by atomic mass is 35.5. The fourth-order valence-electron chi connectivity index (χ4n) is 1.60. The van der Waals surface area contributed by atoms with E-state index in [1.165, 1.54) is 19.7 Å². The largest absolute Gasteiger partial charge is 0.399 e. The van der Waals surface area contributed by atoms with Crippen molar-refractivity contribution in [3.05, 3.63) is 40.7 Å². The van der Waals surface area contributed by atoms with E-state index in [4.69, 9.17) is 17.3 Å². The van der Waals surface area contributed by atoms with Crippen LogP contribution < -0.4 is 11.1 Å². The quantitative estimate of drug-likeness (QED) is 0.668. The van der Waals surface area contributed by atoms with Crippen LogP contribution in [0.2, 0.25) is 5.02 Å². The summed E-state index contributed by atoms with van der Waals surface area (Å²) in [6.07, 6.45) is 2.83. The Kier molecular flexibility index (Phi) is 4.37. The molecule has 6 nitrogen and oxygen atoms in total. The third-order valence-corrected chi connectivity index (χ3v) is 2.89. The van der Waals surface area contributed by atoms with E-state index in [-0.39, 0.29) is 0 Å². The molecule has 0 radical (unpaired) electrons. The lowest BCUT2D eigenvalue weighted by atomic mass is 10.2. The number of benzene rings is 1. The van der Waals surface area contributed by atoms with Gasteiger partial charge in [-0.25, -0.2) is 9.97 Å². The second-order valence-electron chi connectivity index (χ2n) is 4.02. The summed E-state index contributed by atoms with van der Waals surface area (Å²) in [5, 5.41) is 7.49. The molecule has 2 aromatic rings. The fourth-order valence-corrected chi connectivity index (χ4v) is 1.77. The summed E-state index contributed by atoms with van der Waals surface area (Å²) in [6.45, 7) is 1.96. The first kappa shape index (κ1) is 14.1. The number of aromatic nitrogens is 2. The SMILES string of the molecule is CO/N=C/c1c(N)ncnc1Nc1cc(Cl)ccc1C. The van der Waals surface area contributed by atoms with Gasteiger partial charge in [-0.3, -0.25) is 0 Å². The van der Waals surface area contributed by atoms with Crippen LogP contribution >= 0.6 is 11.6 Å². The number of nitrogen functional groups attached to an aromatic ring is 1. The van der Waals surface area contributed by atoms with Crippen LogP contribution in [0.3, 0.4) is 0 Å². The number of hydrogen-bond acceptors (Lipinski definition) is 6. The Morgan fingerprint density at radius 2 is 2.20 bits per heavy atom. The maximum Gasteiger partial charge on any atom is 0.144 e. The predicted octanol–water partition coefficient (Wildman–Crippen LogP) is 2.74. The first-order valence-corrected chi connectivity index (χ1v) is 6.19. The highest BCUT2D eigenvalue weighted by molar-refractivity contribution is 6.30. The molecule has 7 heteroatoms. The van der Waals surface area contributed by atoms with Crippen LogP contribution in [-0.2, 0) is 4.84 Å². The maximum atomic E-state index is 5.99. The topological polar surface area (TPSA) is 85.4 Å². The molecule has 0 aliphatic heterocycles. The smallest absolute Gasteiger partial charge is 0.144 e. The van der Waals surface area contributed by atoms with Crippen molar-refractivity contribution < 1.29 is 4.84 Å². The molecule has 0 saturated heterocycles. The van der Waals surface area contributed by atoms with Gasteiger partial charge >= 0.3 is 0 Å². The molecule has 20 heavy (non-hydrogen) atoms. The standard InChI is InChI=1S/C13H14ClN5O/c1-8-3-4-9(14)5-11(8)19-13-10(6-18-20-2)12(15)16-7-17-13/h3-7H,1-2H3,(H3,15,16,17,19)/b18-6+.